The summed E-state index contributed by atoms with van der Waals surface area (Å²) in [5, 5.41) is 14.6. The van der Waals surface area contributed by atoms with Gasteiger partial charge in [0.25, 0.3) is 11.5 Å². The molecule has 0 saturated carbocycles. The maximum absolute atomic E-state index is 15.4. The summed E-state index contributed by atoms with van der Waals surface area (Å²) in [5.41, 5.74) is 6.30. The molecule has 0 fully saturated rings. The molecule has 0 aliphatic carbocycles. The van der Waals surface area contributed by atoms with Crippen molar-refractivity contribution in [1.29, 1.82) is 0 Å². The van der Waals surface area contributed by atoms with Gasteiger partial charge in [0, 0.05) is 22.8 Å². The van der Waals surface area contributed by atoms with Crippen LogP contribution in [0, 0.1) is 12.7 Å². The number of carbonyl (C=O) groups excluding carboxylic acids is 1. The lowest BCUT2D eigenvalue weighted by Gasteiger charge is -2.22. The van der Waals surface area contributed by atoms with Crippen LogP contribution >= 0.6 is 0 Å². The highest BCUT2D eigenvalue weighted by atomic mass is 19.1. The van der Waals surface area contributed by atoms with E-state index in [1.54, 1.807) is 86.2 Å². The highest BCUT2D eigenvalue weighted by Crippen LogP contribution is 2.33. The van der Waals surface area contributed by atoms with Crippen molar-refractivity contribution in [3.05, 3.63) is 106 Å². The van der Waals surface area contributed by atoms with Crippen LogP contribution in [-0.4, -0.2) is 31.0 Å². The van der Waals surface area contributed by atoms with Gasteiger partial charge in [0.05, 0.1) is 23.5 Å². The first-order valence-corrected chi connectivity index (χ1v) is 12.4. The number of nitrogens with one attached hydrogen (secondary N) is 1. The summed E-state index contributed by atoms with van der Waals surface area (Å²) in [6, 6.07) is 20.4. The van der Waals surface area contributed by atoms with Gasteiger partial charge >= 0.3 is 0 Å². The molecule has 0 aliphatic rings. The number of benzene rings is 3. The number of carbonyl (C=O) groups is 1. The van der Waals surface area contributed by atoms with Crippen LogP contribution in [0.5, 0.6) is 0 Å². The molecular weight excluding hydrogens is 497 g/mol. The molecule has 2 aromatic heterocycles. The second-order valence-electron chi connectivity index (χ2n) is 10.0. The van der Waals surface area contributed by atoms with Crippen molar-refractivity contribution >= 4 is 28.2 Å². The molecule has 9 heteroatoms. The van der Waals surface area contributed by atoms with E-state index in [0.29, 0.717) is 33.7 Å². The molecule has 8 nitrogen and oxygen atoms in total. The Hall–Kier alpha value is -4.76. The fourth-order valence-electron chi connectivity index (χ4n) is 4.76. The van der Waals surface area contributed by atoms with Gasteiger partial charge in [0.1, 0.15) is 17.2 Å². The summed E-state index contributed by atoms with van der Waals surface area (Å²) in [7, 11) is 0. The van der Waals surface area contributed by atoms with E-state index in [2.05, 4.69) is 10.3 Å². The van der Waals surface area contributed by atoms with E-state index < -0.39 is 22.9 Å². The molecule has 5 rings (SSSR count). The SMILES string of the molecule is Cc1c(C(=O)Nc2ccc(-c3cccc4c(N)nccc34)c(F)c2)c(=O)n(-c2ccccc2)n1CC(C)(C)O. The summed E-state index contributed by atoms with van der Waals surface area (Å²) in [6.07, 6.45) is 1.57. The highest BCUT2D eigenvalue weighted by molar-refractivity contribution is 6.05. The van der Waals surface area contributed by atoms with Gasteiger partial charge in [-0.2, -0.15) is 0 Å². The van der Waals surface area contributed by atoms with Crippen molar-refractivity contribution in [1.82, 2.24) is 14.3 Å². The molecule has 0 radical (unpaired) electrons. The van der Waals surface area contributed by atoms with Crippen molar-refractivity contribution in [2.75, 3.05) is 11.1 Å². The lowest BCUT2D eigenvalue weighted by atomic mass is 9.98. The van der Waals surface area contributed by atoms with Crippen molar-refractivity contribution in [3.8, 4) is 16.8 Å². The summed E-state index contributed by atoms with van der Waals surface area (Å²) in [4.78, 5) is 30.9. The number of halogens is 1. The molecule has 4 N–H and O–H groups in total. The Labute approximate surface area is 224 Å². The van der Waals surface area contributed by atoms with Crippen molar-refractivity contribution < 1.29 is 14.3 Å². The smallest absolute Gasteiger partial charge is 0.284 e. The lowest BCUT2D eigenvalue weighted by Crippen LogP contribution is -2.32. The predicted molar refractivity (Wildman–Crippen MR) is 151 cm³/mol. The third-order valence-electron chi connectivity index (χ3n) is 6.52. The molecular formula is C30H28FN5O3. The Kier molecular flexibility index (Phi) is 6.53. The van der Waals surface area contributed by atoms with Crippen LogP contribution in [0.1, 0.15) is 29.9 Å². The second kappa shape index (κ2) is 9.85. The van der Waals surface area contributed by atoms with Gasteiger partial charge in [-0.1, -0.05) is 36.4 Å². The van der Waals surface area contributed by atoms with E-state index in [1.165, 1.54) is 10.7 Å². The normalized spacial score (nSPS) is 11.6. The first-order valence-electron chi connectivity index (χ1n) is 12.4. The minimum absolute atomic E-state index is 0.0740. The predicted octanol–water partition coefficient (Wildman–Crippen LogP) is 4.91. The third kappa shape index (κ3) is 4.92. The van der Waals surface area contributed by atoms with Crippen LogP contribution in [0.4, 0.5) is 15.9 Å². The van der Waals surface area contributed by atoms with E-state index in [1.807, 2.05) is 12.1 Å². The Balaban J connectivity index is 1.51. The van der Waals surface area contributed by atoms with Crippen LogP contribution in [0.15, 0.2) is 83.8 Å². The Morgan fingerprint density at radius 1 is 1.03 bits per heavy atom. The molecule has 0 aliphatic heterocycles. The summed E-state index contributed by atoms with van der Waals surface area (Å²) >= 11 is 0. The van der Waals surface area contributed by atoms with Crippen molar-refractivity contribution in [2.45, 2.75) is 32.9 Å². The van der Waals surface area contributed by atoms with E-state index in [-0.39, 0.29) is 17.8 Å². The van der Waals surface area contributed by atoms with Gasteiger partial charge in [-0.25, -0.2) is 14.1 Å². The Bertz CT molecular complexity index is 1770. The van der Waals surface area contributed by atoms with Gasteiger partial charge in [-0.05, 0) is 68.1 Å². The molecule has 0 saturated heterocycles. The number of aliphatic hydroxyl groups is 1. The number of nitrogen functional groups attached to an aromatic ring is 1. The van der Waals surface area contributed by atoms with Gasteiger partial charge in [-0.15, -0.1) is 0 Å². The lowest BCUT2D eigenvalue weighted by molar-refractivity contribution is 0.0546. The molecule has 0 bridgehead atoms. The molecule has 198 valence electrons. The van der Waals surface area contributed by atoms with Crippen LogP contribution in [0.2, 0.25) is 0 Å². The molecule has 2 heterocycles. The van der Waals surface area contributed by atoms with E-state index >= 15 is 4.39 Å². The molecule has 0 atom stereocenters. The van der Waals surface area contributed by atoms with Crippen LogP contribution in [0.25, 0.3) is 27.6 Å². The molecule has 0 unspecified atom stereocenters. The standard InChI is InChI=1S/C30H28FN5O3/c1-18-26(29(38)36(20-8-5-4-6-9-20)35(18)17-30(2,3)39)28(37)34-19-12-13-23(25(31)16-19)21-10-7-11-24-22(21)14-15-33-27(24)32/h4-16,39H,17H2,1-3H3,(H2,32,33)(H,34,37). The largest absolute Gasteiger partial charge is 0.389 e. The summed E-state index contributed by atoms with van der Waals surface area (Å²) in [6.45, 7) is 4.96. The first-order chi connectivity index (χ1) is 18.5. The van der Waals surface area contributed by atoms with Crippen LogP contribution < -0.4 is 16.6 Å². The van der Waals surface area contributed by atoms with Gasteiger partial charge < -0.3 is 16.2 Å². The van der Waals surface area contributed by atoms with Crippen molar-refractivity contribution in [3.63, 3.8) is 0 Å². The number of aromatic nitrogens is 3. The first kappa shape index (κ1) is 25.9. The monoisotopic (exact) mass is 525 g/mol. The van der Waals surface area contributed by atoms with E-state index in [9.17, 15) is 14.7 Å². The van der Waals surface area contributed by atoms with Gasteiger partial charge in [-0.3, -0.25) is 14.3 Å². The molecule has 3 aromatic carbocycles. The van der Waals surface area contributed by atoms with E-state index in [4.69, 9.17) is 5.73 Å². The maximum Gasteiger partial charge on any atom is 0.284 e. The zero-order valence-electron chi connectivity index (χ0n) is 21.8. The number of amides is 1. The average molecular weight is 526 g/mol. The average Bonchev–Trinajstić information content (AvgIpc) is 3.12. The third-order valence-corrected chi connectivity index (χ3v) is 6.52. The zero-order valence-corrected chi connectivity index (χ0v) is 21.8. The number of rotatable bonds is 6. The number of hydrogen-bond acceptors (Lipinski definition) is 5. The molecule has 5 aromatic rings. The number of anilines is 2. The topological polar surface area (TPSA) is 115 Å². The minimum Gasteiger partial charge on any atom is -0.389 e. The Morgan fingerprint density at radius 3 is 2.46 bits per heavy atom. The quantitative estimate of drug-likeness (QED) is 0.292. The van der Waals surface area contributed by atoms with E-state index in [0.717, 1.165) is 5.39 Å². The number of nitrogens with zero attached hydrogens (tertiary/aromatic N) is 3. The van der Waals surface area contributed by atoms with Crippen LogP contribution in [0.3, 0.4) is 0 Å². The number of hydrogen-bond donors (Lipinski definition) is 3. The highest BCUT2D eigenvalue weighted by Gasteiger charge is 2.27. The number of fused-ring (bicyclic) bond motifs is 1. The molecule has 39 heavy (non-hydrogen) atoms. The fraction of sp³-hybridized carbons (Fsp3) is 0.167. The summed E-state index contributed by atoms with van der Waals surface area (Å²) in [5.74, 6) is -0.867. The Morgan fingerprint density at radius 2 is 1.77 bits per heavy atom. The fourth-order valence-corrected chi connectivity index (χ4v) is 4.76. The summed E-state index contributed by atoms with van der Waals surface area (Å²) < 4.78 is 18.3. The number of nitrogens with two attached hydrogens (primary N) is 1. The van der Waals surface area contributed by atoms with Crippen molar-refractivity contribution in [2.24, 2.45) is 0 Å². The zero-order chi connectivity index (χ0) is 27.9. The number of para-hydroxylation sites is 1. The second-order valence-corrected chi connectivity index (χ2v) is 10.0. The van der Waals surface area contributed by atoms with Crippen LogP contribution in [-0.2, 0) is 6.54 Å². The van der Waals surface area contributed by atoms with Gasteiger partial charge in [0.2, 0.25) is 0 Å². The molecule has 1 amide bonds. The maximum atomic E-state index is 15.4. The minimum atomic E-state index is -1.15. The number of pyridine rings is 1. The molecule has 0 spiro atoms. The van der Waals surface area contributed by atoms with Gasteiger partial charge in [0.15, 0.2) is 0 Å².